The highest BCUT2D eigenvalue weighted by molar-refractivity contribution is 4.47. The van der Waals surface area contributed by atoms with E-state index in [1.807, 2.05) is 6.92 Å². The fourth-order valence-corrected chi connectivity index (χ4v) is 0.416. The monoisotopic (exact) mass is 119 g/mol. The number of aliphatic hydroxyl groups excluding tert-OH is 1. The van der Waals surface area contributed by atoms with Crippen LogP contribution in [0.4, 0.5) is 0 Å². The van der Waals surface area contributed by atoms with Crippen molar-refractivity contribution in [3.05, 3.63) is 0 Å². The van der Waals surface area contributed by atoms with E-state index >= 15 is 0 Å². The topological polar surface area (TPSA) is 41.5 Å². The molecule has 0 bridgehead atoms. The molecule has 0 rings (SSSR count). The van der Waals surface area contributed by atoms with Gasteiger partial charge in [0.15, 0.2) is 0 Å². The summed E-state index contributed by atoms with van der Waals surface area (Å²) >= 11 is 0. The average Bonchev–Trinajstić information content (AvgIpc) is 1.83. The minimum absolute atomic E-state index is 0.0556. The SMILES string of the molecule is CCC(CO)ONC. The Morgan fingerprint density at radius 1 is 1.75 bits per heavy atom. The zero-order valence-electron chi connectivity index (χ0n) is 5.35. The number of hydrogen-bond donors (Lipinski definition) is 2. The lowest BCUT2D eigenvalue weighted by Gasteiger charge is -2.09. The molecule has 0 aliphatic carbocycles. The molecule has 3 heteroatoms. The maximum Gasteiger partial charge on any atom is 0.102 e. The zero-order valence-corrected chi connectivity index (χ0v) is 5.35. The van der Waals surface area contributed by atoms with Gasteiger partial charge in [-0.25, -0.2) is 5.48 Å². The summed E-state index contributed by atoms with van der Waals surface area (Å²) < 4.78 is 0. The van der Waals surface area contributed by atoms with E-state index in [4.69, 9.17) is 9.94 Å². The Hall–Kier alpha value is -0.120. The van der Waals surface area contributed by atoms with Crippen molar-refractivity contribution in [1.29, 1.82) is 0 Å². The van der Waals surface area contributed by atoms with Crippen LogP contribution in [0.2, 0.25) is 0 Å². The van der Waals surface area contributed by atoms with Crippen molar-refractivity contribution in [2.45, 2.75) is 19.4 Å². The first-order chi connectivity index (χ1) is 3.85. The molecular weight excluding hydrogens is 106 g/mol. The highest BCUT2D eigenvalue weighted by atomic mass is 16.7. The molecule has 0 aromatic heterocycles. The molecule has 1 unspecified atom stereocenters. The van der Waals surface area contributed by atoms with Crippen LogP contribution in [-0.4, -0.2) is 24.9 Å². The van der Waals surface area contributed by atoms with Gasteiger partial charge in [-0.15, -0.1) is 0 Å². The highest BCUT2D eigenvalue weighted by Crippen LogP contribution is 1.91. The van der Waals surface area contributed by atoms with Crippen molar-refractivity contribution in [3.63, 3.8) is 0 Å². The van der Waals surface area contributed by atoms with Gasteiger partial charge in [0.1, 0.15) is 6.10 Å². The van der Waals surface area contributed by atoms with Crippen molar-refractivity contribution in [2.75, 3.05) is 13.7 Å². The van der Waals surface area contributed by atoms with Crippen LogP contribution in [0.3, 0.4) is 0 Å². The summed E-state index contributed by atoms with van der Waals surface area (Å²) in [6.45, 7) is 2.04. The third kappa shape index (κ3) is 2.96. The van der Waals surface area contributed by atoms with Gasteiger partial charge in [-0.05, 0) is 6.42 Å². The van der Waals surface area contributed by atoms with E-state index < -0.39 is 0 Å². The molecule has 0 fully saturated rings. The zero-order chi connectivity index (χ0) is 6.41. The van der Waals surface area contributed by atoms with E-state index in [0.717, 1.165) is 6.42 Å². The normalized spacial score (nSPS) is 13.9. The first kappa shape index (κ1) is 7.88. The standard InChI is InChI=1S/C5H13NO2/c1-3-5(4-7)8-6-2/h5-7H,3-4H2,1-2H3. The number of hydroxylamine groups is 1. The van der Waals surface area contributed by atoms with Crippen LogP contribution >= 0.6 is 0 Å². The van der Waals surface area contributed by atoms with E-state index in [0.29, 0.717) is 0 Å². The number of nitrogens with one attached hydrogen (secondary N) is 1. The summed E-state index contributed by atoms with van der Waals surface area (Å²) in [5.74, 6) is 0. The Labute approximate surface area is 49.6 Å². The molecule has 0 aromatic rings. The number of rotatable bonds is 4. The molecule has 0 saturated heterocycles. The summed E-state index contributed by atoms with van der Waals surface area (Å²) in [5, 5.41) is 8.49. The van der Waals surface area contributed by atoms with Crippen LogP contribution in [0.1, 0.15) is 13.3 Å². The van der Waals surface area contributed by atoms with Gasteiger partial charge < -0.3 is 5.11 Å². The molecule has 0 aliphatic rings. The maximum atomic E-state index is 8.49. The van der Waals surface area contributed by atoms with Crippen LogP contribution in [0.25, 0.3) is 0 Å². The summed E-state index contributed by atoms with van der Waals surface area (Å²) in [7, 11) is 1.68. The molecule has 0 amide bonds. The number of aliphatic hydroxyl groups is 1. The molecule has 8 heavy (non-hydrogen) atoms. The molecule has 2 N–H and O–H groups in total. The summed E-state index contributed by atoms with van der Waals surface area (Å²) in [6.07, 6.45) is 0.775. The number of hydrogen-bond acceptors (Lipinski definition) is 3. The van der Waals surface area contributed by atoms with Crippen LogP contribution in [-0.2, 0) is 4.84 Å². The third-order valence-electron chi connectivity index (χ3n) is 0.943. The van der Waals surface area contributed by atoms with Gasteiger partial charge in [0, 0.05) is 7.05 Å². The van der Waals surface area contributed by atoms with Crippen LogP contribution < -0.4 is 5.48 Å². The molecule has 1 atom stereocenters. The second-order valence-electron chi connectivity index (χ2n) is 1.53. The maximum absolute atomic E-state index is 8.49. The molecule has 0 saturated carbocycles. The lowest BCUT2D eigenvalue weighted by molar-refractivity contribution is -0.0413. The summed E-state index contributed by atoms with van der Waals surface area (Å²) in [4.78, 5) is 4.84. The minimum atomic E-state index is -0.0556. The molecule has 0 aromatic carbocycles. The first-order valence-corrected chi connectivity index (χ1v) is 2.78. The van der Waals surface area contributed by atoms with Gasteiger partial charge in [-0.3, -0.25) is 4.84 Å². The van der Waals surface area contributed by atoms with E-state index in [1.165, 1.54) is 0 Å². The van der Waals surface area contributed by atoms with Crippen LogP contribution in [0.15, 0.2) is 0 Å². The quantitative estimate of drug-likeness (QED) is 0.508. The van der Waals surface area contributed by atoms with Crippen molar-refractivity contribution >= 4 is 0 Å². The van der Waals surface area contributed by atoms with E-state index in [2.05, 4.69) is 5.48 Å². The average molecular weight is 119 g/mol. The predicted octanol–water partition coefficient (Wildman–Crippen LogP) is -0.0917. The molecule has 0 radical (unpaired) electrons. The van der Waals surface area contributed by atoms with Gasteiger partial charge in [0.25, 0.3) is 0 Å². The van der Waals surface area contributed by atoms with Gasteiger partial charge in [-0.1, -0.05) is 6.92 Å². The predicted molar refractivity (Wildman–Crippen MR) is 31.3 cm³/mol. The fourth-order valence-electron chi connectivity index (χ4n) is 0.416. The van der Waals surface area contributed by atoms with Crippen LogP contribution in [0.5, 0.6) is 0 Å². The van der Waals surface area contributed by atoms with Gasteiger partial charge >= 0.3 is 0 Å². The van der Waals surface area contributed by atoms with Gasteiger partial charge in [0.05, 0.1) is 6.61 Å². The first-order valence-electron chi connectivity index (χ1n) is 2.78. The molecule has 0 aliphatic heterocycles. The third-order valence-corrected chi connectivity index (χ3v) is 0.943. The van der Waals surface area contributed by atoms with Crippen LogP contribution in [0, 0.1) is 0 Å². The van der Waals surface area contributed by atoms with Gasteiger partial charge in [0.2, 0.25) is 0 Å². The Bertz CT molecular complexity index is 45.7. The van der Waals surface area contributed by atoms with E-state index in [-0.39, 0.29) is 12.7 Å². The largest absolute Gasteiger partial charge is 0.394 e. The molecular formula is C5H13NO2. The summed E-state index contributed by atoms with van der Waals surface area (Å²) in [5.41, 5.74) is 2.51. The Morgan fingerprint density at radius 2 is 2.38 bits per heavy atom. The Balaban J connectivity index is 3.07. The summed E-state index contributed by atoms with van der Waals surface area (Å²) in [6, 6.07) is 0. The van der Waals surface area contributed by atoms with Crippen molar-refractivity contribution in [2.24, 2.45) is 0 Å². The Kier molecular flexibility index (Phi) is 4.95. The van der Waals surface area contributed by atoms with Crippen molar-refractivity contribution < 1.29 is 9.94 Å². The molecule has 50 valence electrons. The van der Waals surface area contributed by atoms with E-state index in [1.54, 1.807) is 7.05 Å². The smallest absolute Gasteiger partial charge is 0.102 e. The second-order valence-corrected chi connectivity index (χ2v) is 1.53. The lowest BCUT2D eigenvalue weighted by atomic mass is 10.3. The second kappa shape index (κ2) is 5.03. The van der Waals surface area contributed by atoms with Crippen molar-refractivity contribution in [1.82, 2.24) is 5.48 Å². The molecule has 0 spiro atoms. The highest BCUT2D eigenvalue weighted by Gasteiger charge is 2.00. The van der Waals surface area contributed by atoms with Gasteiger partial charge in [-0.2, -0.15) is 0 Å². The van der Waals surface area contributed by atoms with Crippen molar-refractivity contribution in [3.8, 4) is 0 Å². The fraction of sp³-hybridized carbons (Fsp3) is 1.00. The molecule has 3 nitrogen and oxygen atoms in total. The Morgan fingerprint density at radius 3 is 2.50 bits per heavy atom. The van der Waals surface area contributed by atoms with E-state index in [9.17, 15) is 0 Å². The lowest BCUT2D eigenvalue weighted by Crippen LogP contribution is -2.23. The minimum Gasteiger partial charge on any atom is -0.394 e. The molecule has 0 heterocycles.